The first-order chi connectivity index (χ1) is 12.1. The van der Waals surface area contributed by atoms with Crippen LogP contribution in [0.3, 0.4) is 0 Å². The highest BCUT2D eigenvalue weighted by atomic mass is 16.2. The number of anilines is 1. The van der Waals surface area contributed by atoms with Crippen LogP contribution in [0.4, 0.5) is 5.69 Å². The molecule has 136 valence electrons. The summed E-state index contributed by atoms with van der Waals surface area (Å²) in [4.78, 5) is 27.1. The molecule has 1 heterocycles. The molecule has 0 saturated carbocycles. The first-order valence-electron chi connectivity index (χ1n) is 8.93. The van der Waals surface area contributed by atoms with E-state index in [0.29, 0.717) is 17.5 Å². The zero-order valence-electron chi connectivity index (χ0n) is 15.9. The van der Waals surface area contributed by atoms with Crippen LogP contribution in [-0.4, -0.2) is 22.3 Å². The van der Waals surface area contributed by atoms with Gasteiger partial charge in [-0.15, -0.1) is 0 Å². The molecule has 0 atom stereocenters. The lowest BCUT2D eigenvalue weighted by molar-refractivity contribution is 0.0396. The van der Waals surface area contributed by atoms with Crippen molar-refractivity contribution in [1.82, 2.24) is 4.90 Å². The largest absolute Gasteiger partial charge is 0.399 e. The van der Waals surface area contributed by atoms with Crippen molar-refractivity contribution >= 4 is 17.5 Å². The number of nitrogens with two attached hydrogens (primary N) is 1. The Morgan fingerprint density at radius 1 is 0.846 bits per heavy atom. The Morgan fingerprint density at radius 2 is 1.35 bits per heavy atom. The SMILES string of the molecule is CC(C)(Cc1ccc(N)cc1)CC(C)(C)N1C(=O)c2ccccc2C1=O. The molecule has 2 aromatic carbocycles. The molecule has 0 unspecified atom stereocenters. The first kappa shape index (κ1) is 18.2. The second-order valence-corrected chi connectivity index (χ2v) is 8.56. The van der Waals surface area contributed by atoms with Crippen molar-refractivity contribution in [2.45, 2.75) is 46.1 Å². The molecule has 1 aliphatic heterocycles. The summed E-state index contributed by atoms with van der Waals surface area (Å²) in [6, 6.07) is 14.9. The minimum atomic E-state index is -0.579. The minimum Gasteiger partial charge on any atom is -0.399 e. The maximum atomic E-state index is 12.8. The molecule has 0 radical (unpaired) electrons. The van der Waals surface area contributed by atoms with Gasteiger partial charge in [0.15, 0.2) is 0 Å². The average molecular weight is 350 g/mol. The minimum absolute atomic E-state index is 0.0883. The van der Waals surface area contributed by atoms with Crippen molar-refractivity contribution in [1.29, 1.82) is 0 Å². The number of nitrogen functional groups attached to an aromatic ring is 1. The van der Waals surface area contributed by atoms with E-state index >= 15 is 0 Å². The smallest absolute Gasteiger partial charge is 0.262 e. The molecule has 0 bridgehead atoms. The number of carbonyl (C=O) groups excluding carboxylic acids is 2. The van der Waals surface area contributed by atoms with E-state index in [9.17, 15) is 9.59 Å². The van der Waals surface area contributed by atoms with Crippen LogP contribution in [-0.2, 0) is 6.42 Å². The number of hydrogen-bond acceptors (Lipinski definition) is 3. The van der Waals surface area contributed by atoms with Crippen molar-refractivity contribution < 1.29 is 9.59 Å². The van der Waals surface area contributed by atoms with E-state index in [2.05, 4.69) is 13.8 Å². The topological polar surface area (TPSA) is 63.4 Å². The zero-order valence-corrected chi connectivity index (χ0v) is 15.9. The molecule has 4 nitrogen and oxygen atoms in total. The van der Waals surface area contributed by atoms with Crippen molar-refractivity contribution in [3.8, 4) is 0 Å². The molecule has 3 rings (SSSR count). The highest BCUT2D eigenvalue weighted by Crippen LogP contribution is 2.38. The van der Waals surface area contributed by atoms with Crippen LogP contribution < -0.4 is 5.73 Å². The molecule has 0 fully saturated rings. The van der Waals surface area contributed by atoms with Gasteiger partial charge >= 0.3 is 0 Å². The lowest BCUT2D eigenvalue weighted by Gasteiger charge is -2.40. The number of amides is 2. The van der Waals surface area contributed by atoms with E-state index in [0.717, 1.165) is 12.1 Å². The summed E-state index contributed by atoms with van der Waals surface area (Å²) in [5.74, 6) is -0.391. The Balaban J connectivity index is 1.81. The third kappa shape index (κ3) is 3.36. The average Bonchev–Trinajstić information content (AvgIpc) is 2.81. The first-order valence-corrected chi connectivity index (χ1v) is 8.93. The molecule has 0 aliphatic carbocycles. The van der Waals surface area contributed by atoms with Crippen molar-refractivity contribution in [3.63, 3.8) is 0 Å². The quantitative estimate of drug-likeness (QED) is 0.646. The van der Waals surface area contributed by atoms with Gasteiger partial charge in [-0.1, -0.05) is 38.1 Å². The maximum absolute atomic E-state index is 12.8. The molecule has 1 aliphatic rings. The van der Waals surface area contributed by atoms with Gasteiger partial charge in [0.25, 0.3) is 11.8 Å². The Kier molecular flexibility index (Phi) is 4.39. The molecule has 2 aromatic rings. The summed E-state index contributed by atoms with van der Waals surface area (Å²) in [6.07, 6.45) is 1.55. The fraction of sp³-hybridized carbons (Fsp3) is 0.364. The molecule has 2 N–H and O–H groups in total. The molecule has 0 aromatic heterocycles. The van der Waals surface area contributed by atoms with Crippen molar-refractivity contribution in [3.05, 3.63) is 65.2 Å². The van der Waals surface area contributed by atoms with Gasteiger partial charge in [-0.3, -0.25) is 14.5 Å². The molecule has 2 amide bonds. The fourth-order valence-electron chi connectivity index (χ4n) is 4.24. The van der Waals surface area contributed by atoms with E-state index in [1.54, 1.807) is 24.3 Å². The van der Waals surface area contributed by atoms with Gasteiger partial charge in [-0.05, 0) is 61.9 Å². The second kappa shape index (κ2) is 6.27. The van der Waals surface area contributed by atoms with E-state index in [1.807, 2.05) is 38.1 Å². The molecular weight excluding hydrogens is 324 g/mol. The number of nitrogens with zero attached hydrogens (tertiary/aromatic N) is 1. The predicted octanol–water partition coefficient (Wildman–Crippen LogP) is 4.30. The number of fused-ring (bicyclic) bond motifs is 1. The van der Waals surface area contributed by atoms with Crippen LogP contribution >= 0.6 is 0 Å². The summed E-state index contributed by atoms with van der Waals surface area (Å²) in [5.41, 5.74) is 8.05. The van der Waals surface area contributed by atoms with Crippen LogP contribution in [0.2, 0.25) is 0 Å². The third-order valence-corrected chi connectivity index (χ3v) is 4.97. The van der Waals surface area contributed by atoms with Crippen molar-refractivity contribution in [2.24, 2.45) is 5.41 Å². The zero-order chi connectivity index (χ0) is 19.1. The summed E-state index contributed by atoms with van der Waals surface area (Å²) in [6.45, 7) is 8.28. The van der Waals surface area contributed by atoms with Gasteiger partial charge in [0.1, 0.15) is 0 Å². The number of benzene rings is 2. The summed E-state index contributed by atoms with van der Waals surface area (Å²) in [7, 11) is 0. The van der Waals surface area contributed by atoms with E-state index in [-0.39, 0.29) is 17.2 Å². The Bertz CT molecular complexity index is 816. The third-order valence-electron chi connectivity index (χ3n) is 4.97. The van der Waals surface area contributed by atoms with E-state index < -0.39 is 5.54 Å². The Morgan fingerprint density at radius 3 is 1.85 bits per heavy atom. The highest BCUT2D eigenvalue weighted by Gasteiger charge is 2.45. The van der Waals surface area contributed by atoms with Crippen molar-refractivity contribution in [2.75, 3.05) is 5.73 Å². The fourth-order valence-corrected chi connectivity index (χ4v) is 4.24. The molecule has 4 heteroatoms. The van der Waals surface area contributed by atoms with Crippen LogP contribution in [0.5, 0.6) is 0 Å². The van der Waals surface area contributed by atoms with Crippen LogP contribution in [0.1, 0.15) is 60.4 Å². The molecule has 0 saturated heterocycles. The van der Waals surface area contributed by atoms with E-state index in [4.69, 9.17) is 5.73 Å². The summed E-state index contributed by atoms with van der Waals surface area (Å²) >= 11 is 0. The monoisotopic (exact) mass is 350 g/mol. The van der Waals surface area contributed by atoms with Crippen LogP contribution in [0.15, 0.2) is 48.5 Å². The maximum Gasteiger partial charge on any atom is 0.262 e. The standard InChI is InChI=1S/C22H26N2O2/c1-21(2,13-15-9-11-16(23)12-10-15)14-22(3,4)24-19(25)17-7-5-6-8-18(17)20(24)26/h5-12H,13-14,23H2,1-4H3. The van der Waals surface area contributed by atoms with Crippen LogP contribution in [0, 0.1) is 5.41 Å². The van der Waals surface area contributed by atoms with Crippen LogP contribution in [0.25, 0.3) is 0 Å². The number of carbonyl (C=O) groups is 2. The van der Waals surface area contributed by atoms with Gasteiger partial charge in [0, 0.05) is 11.2 Å². The lowest BCUT2D eigenvalue weighted by atomic mass is 9.75. The van der Waals surface area contributed by atoms with Gasteiger partial charge < -0.3 is 5.73 Å². The number of rotatable bonds is 5. The number of imide groups is 1. The summed E-state index contributed by atoms with van der Waals surface area (Å²) < 4.78 is 0. The normalized spacial score (nSPS) is 14.7. The van der Waals surface area contributed by atoms with Gasteiger partial charge in [0.05, 0.1) is 11.1 Å². The molecule has 0 spiro atoms. The van der Waals surface area contributed by atoms with E-state index in [1.165, 1.54) is 10.5 Å². The molecular formula is C22H26N2O2. The summed E-state index contributed by atoms with van der Waals surface area (Å²) in [5, 5.41) is 0. The highest BCUT2D eigenvalue weighted by molar-refractivity contribution is 6.21. The Hall–Kier alpha value is -2.62. The van der Waals surface area contributed by atoms with Gasteiger partial charge in [0.2, 0.25) is 0 Å². The Labute approximate surface area is 155 Å². The van der Waals surface area contributed by atoms with Gasteiger partial charge in [-0.25, -0.2) is 0 Å². The lowest BCUT2D eigenvalue weighted by Crippen LogP contribution is -2.50. The van der Waals surface area contributed by atoms with Gasteiger partial charge in [-0.2, -0.15) is 0 Å². The predicted molar refractivity (Wildman–Crippen MR) is 104 cm³/mol. The second-order valence-electron chi connectivity index (χ2n) is 8.56. The number of hydrogen-bond donors (Lipinski definition) is 1. The molecule has 26 heavy (non-hydrogen) atoms.